The Labute approximate surface area is 79.1 Å². The van der Waals surface area contributed by atoms with Gasteiger partial charge in [0.25, 0.3) is 0 Å². The predicted octanol–water partition coefficient (Wildman–Crippen LogP) is 0.962. The normalized spacial score (nSPS) is 19.8. The first-order valence-electron chi connectivity index (χ1n) is 4.93. The average molecular weight is 179 g/mol. The molecule has 1 aliphatic heterocycles. The number of hydrogen-bond donors (Lipinski definition) is 1. The van der Waals surface area contributed by atoms with Crippen LogP contribution in [0, 0.1) is 5.41 Å². The molecular weight excluding hydrogens is 162 g/mol. The van der Waals surface area contributed by atoms with Crippen LogP contribution < -0.4 is 5.32 Å². The zero-order chi connectivity index (χ0) is 9.31. The lowest BCUT2D eigenvalue weighted by Gasteiger charge is -2.41. The first-order valence-corrected chi connectivity index (χ1v) is 4.93. The van der Waals surface area contributed by atoms with Gasteiger partial charge in [-0.3, -0.25) is 4.68 Å². The lowest BCUT2D eigenvalue weighted by molar-refractivity contribution is 0.158. The topological polar surface area (TPSA) is 29.9 Å². The molecule has 0 unspecified atom stereocenters. The lowest BCUT2D eigenvalue weighted by Crippen LogP contribution is -2.54. The summed E-state index contributed by atoms with van der Waals surface area (Å²) in [4.78, 5) is 0. The van der Waals surface area contributed by atoms with Crippen LogP contribution in [0.15, 0.2) is 12.3 Å². The Kier molecular flexibility index (Phi) is 2.12. The SMILES string of the molecule is CCC1(Cc2ccn(C)n2)CNC1. The highest BCUT2D eigenvalue weighted by Gasteiger charge is 2.35. The van der Waals surface area contributed by atoms with Crippen LogP contribution in [0.4, 0.5) is 0 Å². The van der Waals surface area contributed by atoms with Gasteiger partial charge in [-0.1, -0.05) is 6.92 Å². The van der Waals surface area contributed by atoms with Crippen LogP contribution in [0.3, 0.4) is 0 Å². The van der Waals surface area contributed by atoms with E-state index in [2.05, 4.69) is 23.4 Å². The van der Waals surface area contributed by atoms with E-state index in [0.717, 1.165) is 19.5 Å². The van der Waals surface area contributed by atoms with Crippen molar-refractivity contribution < 1.29 is 0 Å². The number of nitrogens with one attached hydrogen (secondary N) is 1. The Balaban J connectivity index is 2.04. The van der Waals surface area contributed by atoms with Gasteiger partial charge in [0.15, 0.2) is 0 Å². The monoisotopic (exact) mass is 179 g/mol. The van der Waals surface area contributed by atoms with Crippen molar-refractivity contribution >= 4 is 0 Å². The second-order valence-electron chi connectivity index (χ2n) is 4.11. The van der Waals surface area contributed by atoms with Crippen molar-refractivity contribution in [3.8, 4) is 0 Å². The van der Waals surface area contributed by atoms with Crippen LogP contribution >= 0.6 is 0 Å². The van der Waals surface area contributed by atoms with Gasteiger partial charge in [-0.2, -0.15) is 5.10 Å². The summed E-state index contributed by atoms with van der Waals surface area (Å²) in [5.74, 6) is 0. The molecular formula is C10H17N3. The fourth-order valence-electron chi connectivity index (χ4n) is 1.92. The van der Waals surface area contributed by atoms with E-state index in [0.29, 0.717) is 5.41 Å². The molecule has 0 aromatic carbocycles. The fourth-order valence-corrected chi connectivity index (χ4v) is 1.92. The zero-order valence-electron chi connectivity index (χ0n) is 8.38. The first kappa shape index (κ1) is 8.75. The van der Waals surface area contributed by atoms with Crippen LogP contribution in [0.2, 0.25) is 0 Å². The highest BCUT2D eigenvalue weighted by Crippen LogP contribution is 2.30. The molecule has 0 bridgehead atoms. The van der Waals surface area contributed by atoms with E-state index in [9.17, 15) is 0 Å². The molecule has 1 aromatic rings. The van der Waals surface area contributed by atoms with Crippen molar-refractivity contribution in [2.75, 3.05) is 13.1 Å². The highest BCUT2D eigenvalue weighted by atomic mass is 15.2. The highest BCUT2D eigenvalue weighted by molar-refractivity contribution is 5.06. The average Bonchev–Trinajstić information content (AvgIpc) is 2.44. The van der Waals surface area contributed by atoms with Gasteiger partial charge in [0.05, 0.1) is 5.69 Å². The zero-order valence-corrected chi connectivity index (χ0v) is 8.38. The van der Waals surface area contributed by atoms with Gasteiger partial charge in [-0.15, -0.1) is 0 Å². The number of aromatic nitrogens is 2. The van der Waals surface area contributed by atoms with Crippen LogP contribution in [0.25, 0.3) is 0 Å². The molecule has 0 atom stereocenters. The number of nitrogens with zero attached hydrogens (tertiary/aromatic N) is 2. The maximum absolute atomic E-state index is 4.41. The van der Waals surface area contributed by atoms with E-state index >= 15 is 0 Å². The van der Waals surface area contributed by atoms with Gasteiger partial charge in [-0.05, 0) is 18.9 Å². The van der Waals surface area contributed by atoms with Crippen molar-refractivity contribution in [3.63, 3.8) is 0 Å². The molecule has 1 saturated heterocycles. The second-order valence-corrected chi connectivity index (χ2v) is 4.11. The number of rotatable bonds is 3. The first-order chi connectivity index (χ1) is 6.24. The van der Waals surface area contributed by atoms with E-state index in [4.69, 9.17) is 0 Å². The van der Waals surface area contributed by atoms with Crippen LogP contribution in [0.1, 0.15) is 19.0 Å². The molecule has 1 aliphatic rings. The van der Waals surface area contributed by atoms with E-state index in [1.165, 1.54) is 12.1 Å². The van der Waals surface area contributed by atoms with E-state index in [-0.39, 0.29) is 0 Å². The summed E-state index contributed by atoms with van der Waals surface area (Å²) in [6, 6.07) is 2.12. The van der Waals surface area contributed by atoms with Crippen molar-refractivity contribution in [1.29, 1.82) is 0 Å². The summed E-state index contributed by atoms with van der Waals surface area (Å²) in [5, 5.41) is 7.76. The Morgan fingerprint density at radius 2 is 2.38 bits per heavy atom. The molecule has 1 fully saturated rings. The number of hydrogen-bond acceptors (Lipinski definition) is 2. The van der Waals surface area contributed by atoms with Crippen LogP contribution in [-0.4, -0.2) is 22.9 Å². The van der Waals surface area contributed by atoms with Gasteiger partial charge in [0.2, 0.25) is 0 Å². The summed E-state index contributed by atoms with van der Waals surface area (Å²) < 4.78 is 1.88. The predicted molar refractivity (Wildman–Crippen MR) is 52.5 cm³/mol. The summed E-state index contributed by atoms with van der Waals surface area (Å²) in [5.41, 5.74) is 1.72. The Morgan fingerprint density at radius 3 is 2.77 bits per heavy atom. The summed E-state index contributed by atoms with van der Waals surface area (Å²) in [7, 11) is 1.97. The lowest BCUT2D eigenvalue weighted by atomic mass is 9.75. The third kappa shape index (κ3) is 1.61. The molecule has 72 valence electrons. The maximum Gasteiger partial charge on any atom is 0.0631 e. The Hall–Kier alpha value is -0.830. The molecule has 0 radical (unpaired) electrons. The minimum atomic E-state index is 0.494. The van der Waals surface area contributed by atoms with Crippen molar-refractivity contribution in [3.05, 3.63) is 18.0 Å². The quantitative estimate of drug-likeness (QED) is 0.749. The molecule has 0 saturated carbocycles. The van der Waals surface area contributed by atoms with Crippen molar-refractivity contribution in [1.82, 2.24) is 15.1 Å². The fraction of sp³-hybridized carbons (Fsp3) is 0.700. The molecule has 13 heavy (non-hydrogen) atoms. The van der Waals surface area contributed by atoms with Gasteiger partial charge in [0.1, 0.15) is 0 Å². The van der Waals surface area contributed by atoms with E-state index in [1.807, 2.05) is 17.9 Å². The van der Waals surface area contributed by atoms with E-state index < -0.39 is 0 Å². The Bertz CT molecular complexity index is 281. The van der Waals surface area contributed by atoms with Gasteiger partial charge in [0, 0.05) is 31.7 Å². The molecule has 0 spiro atoms. The Morgan fingerprint density at radius 1 is 1.62 bits per heavy atom. The van der Waals surface area contributed by atoms with Crippen molar-refractivity contribution in [2.45, 2.75) is 19.8 Å². The molecule has 0 aliphatic carbocycles. The summed E-state index contributed by atoms with van der Waals surface area (Å²) in [6.45, 7) is 4.57. The van der Waals surface area contributed by atoms with Crippen molar-refractivity contribution in [2.24, 2.45) is 12.5 Å². The maximum atomic E-state index is 4.41. The van der Waals surface area contributed by atoms with E-state index in [1.54, 1.807) is 0 Å². The van der Waals surface area contributed by atoms with Crippen LogP contribution in [0.5, 0.6) is 0 Å². The van der Waals surface area contributed by atoms with Crippen LogP contribution in [-0.2, 0) is 13.5 Å². The van der Waals surface area contributed by atoms with Gasteiger partial charge >= 0.3 is 0 Å². The summed E-state index contributed by atoms with van der Waals surface area (Å²) >= 11 is 0. The molecule has 2 heterocycles. The standard InChI is InChI=1S/C10H17N3/c1-3-10(7-11-8-10)6-9-4-5-13(2)12-9/h4-5,11H,3,6-8H2,1-2H3. The number of aryl methyl sites for hydroxylation is 1. The molecule has 1 aromatic heterocycles. The smallest absolute Gasteiger partial charge is 0.0631 e. The minimum absolute atomic E-state index is 0.494. The third-order valence-electron chi connectivity index (χ3n) is 3.07. The minimum Gasteiger partial charge on any atom is -0.316 e. The van der Waals surface area contributed by atoms with Gasteiger partial charge < -0.3 is 5.32 Å². The molecule has 2 rings (SSSR count). The van der Waals surface area contributed by atoms with Gasteiger partial charge in [-0.25, -0.2) is 0 Å². The molecule has 1 N–H and O–H groups in total. The molecule has 0 amide bonds. The largest absolute Gasteiger partial charge is 0.316 e. The molecule has 3 nitrogen and oxygen atoms in total. The second kappa shape index (κ2) is 3.14. The third-order valence-corrected chi connectivity index (χ3v) is 3.07. The summed E-state index contributed by atoms with van der Waals surface area (Å²) in [6.07, 6.45) is 4.39. The molecule has 3 heteroatoms.